The van der Waals surface area contributed by atoms with Gasteiger partial charge in [-0.25, -0.2) is 24.1 Å². The second-order valence-corrected chi connectivity index (χ2v) is 10.2. The molecule has 0 radical (unpaired) electrons. The van der Waals surface area contributed by atoms with E-state index in [0.29, 0.717) is 22.3 Å². The van der Waals surface area contributed by atoms with Crippen molar-refractivity contribution >= 4 is 41.4 Å². The molecule has 1 heterocycles. The van der Waals surface area contributed by atoms with E-state index in [1.807, 2.05) is 0 Å². The van der Waals surface area contributed by atoms with Crippen LogP contribution in [-0.4, -0.2) is 48.9 Å². The molecule has 0 saturated heterocycles. The minimum atomic E-state index is -0.707. The molecule has 0 spiro atoms. The van der Waals surface area contributed by atoms with Gasteiger partial charge < -0.3 is 18.9 Å². The van der Waals surface area contributed by atoms with E-state index in [1.54, 1.807) is 62.4 Å². The Morgan fingerprint density at radius 2 is 0.957 bits per heavy atom. The maximum absolute atomic E-state index is 13.4. The van der Waals surface area contributed by atoms with Gasteiger partial charge in [0.05, 0.1) is 52.3 Å². The lowest BCUT2D eigenvalue weighted by Crippen LogP contribution is -2.29. The van der Waals surface area contributed by atoms with Gasteiger partial charge in [-0.1, -0.05) is 30.3 Å². The molecular weight excluding hydrogens is 606 g/mol. The number of benzene rings is 4. The van der Waals surface area contributed by atoms with Crippen LogP contribution in [0.25, 0.3) is 0 Å². The number of fused-ring (bicyclic) bond motifs is 1. The number of ether oxygens (including phenoxy) is 4. The van der Waals surface area contributed by atoms with Crippen LogP contribution in [0.1, 0.15) is 87.1 Å². The summed E-state index contributed by atoms with van der Waals surface area (Å²) in [7, 11) is 0. The summed E-state index contributed by atoms with van der Waals surface area (Å²) in [5.41, 5.74) is 2.47. The fourth-order valence-corrected chi connectivity index (χ4v) is 4.74. The van der Waals surface area contributed by atoms with Gasteiger partial charge in [0.15, 0.2) is 0 Å². The van der Waals surface area contributed by atoms with E-state index in [0.717, 1.165) is 4.90 Å². The van der Waals surface area contributed by atoms with Crippen LogP contribution >= 0.6 is 0 Å². The van der Waals surface area contributed by atoms with Crippen LogP contribution in [0.15, 0.2) is 91.0 Å². The lowest BCUT2D eigenvalue weighted by molar-refractivity contribution is 0.0463. The second-order valence-electron chi connectivity index (χ2n) is 10.2. The summed E-state index contributed by atoms with van der Waals surface area (Å²) in [6, 6.07) is 22.8. The molecule has 0 atom stereocenters. The fraction of sp³-hybridized carbons (Fsp3) is 0.167. The Hall–Kier alpha value is -6.10. The summed E-state index contributed by atoms with van der Waals surface area (Å²) < 4.78 is 20.7. The van der Waals surface area contributed by atoms with Gasteiger partial charge in [0.1, 0.15) is 13.2 Å². The normalized spacial score (nSPS) is 11.9. The van der Waals surface area contributed by atoms with E-state index in [4.69, 9.17) is 18.9 Å². The maximum Gasteiger partial charge on any atom is 0.338 e. The highest BCUT2D eigenvalue weighted by Crippen LogP contribution is 2.30. The number of imide groups is 1. The number of nitrogens with zero attached hydrogens (tertiary/aromatic N) is 1. The van der Waals surface area contributed by atoms with Crippen LogP contribution in [0.3, 0.4) is 0 Å². The van der Waals surface area contributed by atoms with Crippen molar-refractivity contribution in [1.29, 1.82) is 0 Å². The standard InChI is InChI=1S/C36H29NO10/c1-3-44-33(40)24-12-8-22(9-13-24)20-46-35(42)26-6-5-7-28(18-26)37-31(38)29-17-16-27(19-30(29)32(37)39)36(43)47-21-23-10-14-25(15-11-23)34(41)45-4-2/h5-19H,3-4,20-21H2,1-2H3. The topological polar surface area (TPSA) is 143 Å². The Kier molecular flexibility index (Phi) is 9.85. The second kappa shape index (κ2) is 14.3. The highest BCUT2D eigenvalue weighted by molar-refractivity contribution is 6.34. The molecule has 4 aromatic rings. The van der Waals surface area contributed by atoms with Gasteiger partial charge in [-0.3, -0.25) is 9.59 Å². The first kappa shape index (κ1) is 32.3. The van der Waals surface area contributed by atoms with Crippen LogP contribution in [0, 0.1) is 0 Å². The molecule has 0 aliphatic carbocycles. The van der Waals surface area contributed by atoms with Crippen molar-refractivity contribution in [2.45, 2.75) is 27.1 Å². The maximum atomic E-state index is 13.4. The van der Waals surface area contributed by atoms with E-state index in [9.17, 15) is 28.8 Å². The zero-order valence-corrected chi connectivity index (χ0v) is 25.5. The average Bonchev–Trinajstić information content (AvgIpc) is 3.35. The number of amides is 2. The summed E-state index contributed by atoms with van der Waals surface area (Å²) in [6.45, 7) is 3.78. The molecule has 5 rings (SSSR count). The van der Waals surface area contributed by atoms with E-state index < -0.39 is 35.7 Å². The molecule has 47 heavy (non-hydrogen) atoms. The number of rotatable bonds is 11. The molecular formula is C36H29NO10. The monoisotopic (exact) mass is 635 g/mol. The first-order chi connectivity index (χ1) is 22.7. The van der Waals surface area contributed by atoms with Crippen LogP contribution in [0.5, 0.6) is 0 Å². The van der Waals surface area contributed by atoms with Crippen molar-refractivity contribution in [3.05, 3.63) is 136 Å². The molecule has 0 unspecified atom stereocenters. The molecule has 11 heteroatoms. The van der Waals surface area contributed by atoms with Gasteiger partial charge in [-0.15, -0.1) is 0 Å². The third-order valence-electron chi connectivity index (χ3n) is 7.13. The number of carbonyl (C=O) groups excluding carboxylic acids is 6. The van der Waals surface area contributed by atoms with Gasteiger partial charge in [-0.05, 0) is 85.6 Å². The number of hydrogen-bond donors (Lipinski definition) is 0. The predicted molar refractivity (Wildman–Crippen MR) is 167 cm³/mol. The minimum Gasteiger partial charge on any atom is -0.462 e. The molecule has 0 bridgehead atoms. The van der Waals surface area contributed by atoms with Crippen molar-refractivity contribution < 1.29 is 47.7 Å². The van der Waals surface area contributed by atoms with E-state index in [1.165, 1.54) is 42.5 Å². The van der Waals surface area contributed by atoms with Crippen LogP contribution < -0.4 is 4.90 Å². The summed E-state index contributed by atoms with van der Waals surface area (Å²) in [4.78, 5) is 76.8. The lowest BCUT2D eigenvalue weighted by Gasteiger charge is -2.15. The number of esters is 4. The summed E-state index contributed by atoms with van der Waals surface area (Å²) in [6.07, 6.45) is 0. The predicted octanol–water partition coefficient (Wildman–Crippen LogP) is 5.55. The van der Waals surface area contributed by atoms with Crippen molar-refractivity contribution in [2.75, 3.05) is 18.1 Å². The van der Waals surface area contributed by atoms with Crippen molar-refractivity contribution in [2.24, 2.45) is 0 Å². The Labute approximate surface area is 269 Å². The summed E-state index contributed by atoms with van der Waals surface area (Å²) in [5.74, 6) is -3.57. The molecule has 0 saturated carbocycles. The van der Waals surface area contributed by atoms with Crippen molar-refractivity contribution in [3.63, 3.8) is 0 Å². The number of anilines is 1. The summed E-state index contributed by atoms with van der Waals surface area (Å²) >= 11 is 0. The Morgan fingerprint density at radius 3 is 1.47 bits per heavy atom. The third-order valence-corrected chi connectivity index (χ3v) is 7.13. The number of hydrogen-bond acceptors (Lipinski definition) is 10. The van der Waals surface area contributed by atoms with E-state index >= 15 is 0 Å². The van der Waals surface area contributed by atoms with Gasteiger partial charge >= 0.3 is 23.9 Å². The quantitative estimate of drug-likeness (QED) is 0.117. The Bertz CT molecular complexity index is 1860. The fourth-order valence-electron chi connectivity index (χ4n) is 4.74. The Morgan fingerprint density at radius 1 is 0.511 bits per heavy atom. The lowest BCUT2D eigenvalue weighted by atomic mass is 10.1. The molecule has 11 nitrogen and oxygen atoms in total. The average molecular weight is 636 g/mol. The molecule has 0 N–H and O–H groups in total. The van der Waals surface area contributed by atoms with Gasteiger partial charge in [0, 0.05) is 0 Å². The van der Waals surface area contributed by atoms with E-state index in [-0.39, 0.29) is 54.4 Å². The minimum absolute atomic E-state index is 0.0162. The van der Waals surface area contributed by atoms with Gasteiger partial charge in [-0.2, -0.15) is 0 Å². The zero-order valence-electron chi connectivity index (χ0n) is 25.5. The van der Waals surface area contributed by atoms with Crippen LogP contribution in [0.4, 0.5) is 5.69 Å². The summed E-state index contributed by atoms with van der Waals surface area (Å²) in [5, 5.41) is 0. The van der Waals surface area contributed by atoms with Crippen molar-refractivity contribution in [1.82, 2.24) is 0 Å². The highest BCUT2D eigenvalue weighted by Gasteiger charge is 2.37. The van der Waals surface area contributed by atoms with Crippen molar-refractivity contribution in [3.8, 4) is 0 Å². The van der Waals surface area contributed by atoms with Crippen LogP contribution in [-0.2, 0) is 32.2 Å². The molecule has 238 valence electrons. The van der Waals surface area contributed by atoms with Gasteiger partial charge in [0.2, 0.25) is 0 Å². The first-order valence-corrected chi connectivity index (χ1v) is 14.7. The zero-order chi connectivity index (χ0) is 33.5. The van der Waals surface area contributed by atoms with Gasteiger partial charge in [0.25, 0.3) is 11.8 Å². The third kappa shape index (κ3) is 7.25. The van der Waals surface area contributed by atoms with Crippen LogP contribution in [0.2, 0.25) is 0 Å². The molecule has 4 aromatic carbocycles. The molecule has 1 aliphatic rings. The number of carbonyl (C=O) groups is 6. The molecule has 0 fully saturated rings. The SMILES string of the molecule is CCOC(=O)c1ccc(COC(=O)c2cccc(N3C(=O)c4ccc(C(=O)OCc5ccc(C(=O)OCC)cc5)cc4C3=O)c2)cc1. The molecule has 1 aliphatic heterocycles. The van der Waals surface area contributed by atoms with E-state index in [2.05, 4.69) is 0 Å². The smallest absolute Gasteiger partial charge is 0.338 e. The molecule has 2 amide bonds. The Balaban J connectivity index is 1.22. The largest absolute Gasteiger partial charge is 0.462 e. The molecule has 0 aromatic heterocycles. The first-order valence-electron chi connectivity index (χ1n) is 14.7. The highest BCUT2D eigenvalue weighted by atomic mass is 16.5.